The highest BCUT2D eigenvalue weighted by atomic mass is 31.2. The zero-order chi connectivity index (χ0) is 69.0. The molecule has 0 amide bonds. The Morgan fingerprint density at radius 3 is 0.914 bits per heavy atom. The average Bonchev–Trinajstić information content (AvgIpc) is 2.73. The molecule has 0 heterocycles. The van der Waals surface area contributed by atoms with Gasteiger partial charge in [-0.25, -0.2) is 4.57 Å². The van der Waals surface area contributed by atoms with Gasteiger partial charge in [-0.1, -0.05) is 20.8 Å². The first-order chi connectivity index (χ1) is 42.8. The van der Waals surface area contributed by atoms with Crippen molar-refractivity contribution in [2.45, 2.75) is 73.6 Å². The van der Waals surface area contributed by atoms with Crippen molar-refractivity contribution in [3.8, 4) is 12.1 Å². The van der Waals surface area contributed by atoms with Crippen LogP contribution in [-0.2, 0) is 128 Å². The van der Waals surface area contributed by atoms with E-state index in [1.807, 2.05) is 32.7 Å². The molecule has 0 aromatic heterocycles. The van der Waals surface area contributed by atoms with E-state index >= 15 is 0 Å². The van der Waals surface area contributed by atoms with Crippen LogP contribution < -0.4 is 11.0 Å². The fourth-order valence-electron chi connectivity index (χ4n) is 4.95. The zero-order valence-corrected chi connectivity index (χ0v) is 62.6. The third kappa shape index (κ3) is 91.6. The van der Waals surface area contributed by atoms with Gasteiger partial charge < -0.3 is 120 Å². The van der Waals surface area contributed by atoms with Crippen molar-refractivity contribution in [1.82, 2.24) is 6.15 Å². The van der Waals surface area contributed by atoms with E-state index in [2.05, 4.69) is 20.5 Å². The van der Waals surface area contributed by atoms with Gasteiger partial charge in [-0.15, -0.1) is 0 Å². The lowest BCUT2D eigenvalue weighted by atomic mass is 10.5. The SMILES string of the molecule is CCCOCCOP(=O)(OCCC#N)OCCOCCOP(C)(=O)OCC.CCCOCCOP(C)(=O)OCC.CCCOCCOP(C)OCCC#N.CCOP(C)(=O)OCCOCCO.CP(=O)(OCO)OCCOCCOP(=O)([O-])OCCOCCO.N.O.O. The average molecular weight is 1510 g/mol. The third-order valence-corrected chi connectivity index (χ3v) is 17.4. The highest BCUT2D eigenvalue weighted by molar-refractivity contribution is 7.53. The van der Waals surface area contributed by atoms with Gasteiger partial charge >= 0.3 is 38.2 Å². The van der Waals surface area contributed by atoms with Crippen LogP contribution in [0.4, 0.5) is 0 Å². The number of rotatable bonds is 60. The van der Waals surface area contributed by atoms with E-state index in [0.29, 0.717) is 79.1 Å². The van der Waals surface area contributed by atoms with Gasteiger partial charge in [0.05, 0.1) is 203 Å². The molecule has 0 aromatic carbocycles. The Bertz CT molecular complexity index is 1920. The van der Waals surface area contributed by atoms with Crippen LogP contribution in [0.5, 0.6) is 0 Å². The van der Waals surface area contributed by atoms with Gasteiger partial charge in [-0.05, 0) is 40.0 Å². The van der Waals surface area contributed by atoms with Crippen molar-refractivity contribution in [3.63, 3.8) is 0 Å². The molecule has 0 bridgehead atoms. The maximum Gasteiger partial charge on any atom is 0.474 e. The normalized spacial score (nSPS) is 15.0. The maximum atomic E-state index is 12.4. The molecule has 7 atom stereocenters. The van der Waals surface area contributed by atoms with E-state index in [9.17, 15) is 32.3 Å². The molecule has 0 fully saturated rings. The second-order valence-corrected chi connectivity index (χ2v) is 29.4. The highest BCUT2D eigenvalue weighted by Gasteiger charge is 2.27. The summed E-state index contributed by atoms with van der Waals surface area (Å²) in [6.45, 7) is 24.3. The molecule has 0 rings (SSSR count). The third-order valence-electron chi connectivity index (χ3n) is 8.47. The van der Waals surface area contributed by atoms with Crippen LogP contribution in [0.15, 0.2) is 0 Å². The Morgan fingerprint density at radius 2 is 0.613 bits per heavy atom. The summed E-state index contributed by atoms with van der Waals surface area (Å²) >= 11 is 0. The van der Waals surface area contributed by atoms with E-state index in [-0.39, 0.29) is 142 Å². The van der Waals surface area contributed by atoms with Crippen molar-refractivity contribution in [3.05, 3.63) is 0 Å². The summed E-state index contributed by atoms with van der Waals surface area (Å²) < 4.78 is 179. The highest BCUT2D eigenvalue weighted by Crippen LogP contribution is 2.49. The molecule has 10 N–H and O–H groups in total. The van der Waals surface area contributed by atoms with Crippen LogP contribution in [0.25, 0.3) is 0 Å². The summed E-state index contributed by atoms with van der Waals surface area (Å²) in [5, 5.41) is 42.1. The van der Waals surface area contributed by atoms with Crippen LogP contribution in [0, 0.1) is 22.7 Å². The Balaban J connectivity index is -0.000000166. The fraction of sp³-hybridized carbons (Fsp3) is 0.959. The first-order valence-corrected chi connectivity index (χ1v) is 41.5. The molecule has 37 nitrogen and oxygen atoms in total. The van der Waals surface area contributed by atoms with Gasteiger partial charge in [-0.2, -0.15) is 10.5 Å². The minimum atomic E-state index is -4.43. The summed E-state index contributed by atoms with van der Waals surface area (Å²) in [5.74, 6) is 0. The number of nitriles is 2. The number of aliphatic hydroxyl groups is 3. The van der Waals surface area contributed by atoms with Crippen molar-refractivity contribution < 1.29 is 160 Å². The molecular formula is C49H115N3O34P7-. The van der Waals surface area contributed by atoms with Crippen LogP contribution >= 0.6 is 54.4 Å². The van der Waals surface area contributed by atoms with Gasteiger partial charge in [0, 0.05) is 53.1 Å². The first-order valence-electron chi connectivity index (χ1n) is 29.0. The van der Waals surface area contributed by atoms with E-state index in [1.54, 1.807) is 20.8 Å². The van der Waals surface area contributed by atoms with Crippen molar-refractivity contribution >= 4 is 54.4 Å². The zero-order valence-electron chi connectivity index (χ0n) is 56.4. The molecule has 7 unspecified atom stereocenters. The lowest BCUT2D eigenvalue weighted by molar-refractivity contribution is -0.227. The Morgan fingerprint density at radius 1 is 0.355 bits per heavy atom. The minimum Gasteiger partial charge on any atom is -0.756 e. The number of hydrogen-bond acceptors (Lipinski definition) is 35. The van der Waals surface area contributed by atoms with Crippen LogP contribution in [0.3, 0.4) is 0 Å². The van der Waals surface area contributed by atoms with E-state index < -0.39 is 61.2 Å². The largest absolute Gasteiger partial charge is 0.756 e. The molecule has 0 saturated heterocycles. The van der Waals surface area contributed by atoms with Gasteiger partial charge in [-0.3, -0.25) is 40.9 Å². The van der Waals surface area contributed by atoms with E-state index in [1.165, 1.54) is 26.7 Å². The molecule has 0 aliphatic rings. The molecule has 0 aliphatic heterocycles. The minimum absolute atomic E-state index is 0. The molecule has 0 spiro atoms. The molecular weight excluding hydrogens is 1390 g/mol. The molecule has 566 valence electrons. The summed E-state index contributed by atoms with van der Waals surface area (Å²) in [6.07, 6.45) is 3.36. The Hall–Kier alpha value is -0.370. The smallest absolute Gasteiger partial charge is 0.474 e. The molecule has 0 aromatic rings. The number of ether oxygens (including phenoxy) is 7. The van der Waals surface area contributed by atoms with Gasteiger partial charge in [0.15, 0.2) is 15.2 Å². The van der Waals surface area contributed by atoms with Crippen molar-refractivity contribution in [2.75, 3.05) is 238 Å². The standard InChI is InChI=1S/C15H31NO9P2.C10H24O11P2.C9H18NO3P.C8H19O4P.C7H17O5P.H3N.2H2O/c1-4-8-19-11-14-24-27(18,23-9-6-7-16)25-15-12-20-10-13-22-26(3,17)21-5-2;1-22(13,21-10-12)18-7-4-17-6-9-20-23(14,15)19-8-5-16-3-2-11;1-3-6-11-8-9-13-14(2)12-7-4-5-10;1-4-6-10-7-8-12-13(3,9)11-5-2;1-3-11-13(2,9)12-7-6-10-5-4-8;;;/h4-6,8-15H2,1-3H3;11-12H,2-10H2,1H3,(H,14,15);3-4,6-9H2,1-2H3;4-8H2,1-3H3;8H,3-7H2,1-2H3;1H3;2*1H2/p-1. The number of phosphoric acid groups is 2. The van der Waals surface area contributed by atoms with Gasteiger partial charge in [0.2, 0.25) is 0 Å². The van der Waals surface area contributed by atoms with Crippen LogP contribution in [0.1, 0.15) is 73.6 Å². The summed E-state index contributed by atoms with van der Waals surface area (Å²) in [7, 11) is -21.1. The predicted molar refractivity (Wildman–Crippen MR) is 344 cm³/mol. The lowest BCUT2D eigenvalue weighted by Crippen LogP contribution is -2.15. The topological polar surface area (TPSA) is 535 Å². The predicted octanol–water partition coefficient (Wildman–Crippen LogP) is 6.67. The number of nitrogens with zero attached hydrogens (tertiary/aromatic N) is 2. The number of phosphoric ester groups is 2. The van der Waals surface area contributed by atoms with Crippen LogP contribution in [0.2, 0.25) is 0 Å². The summed E-state index contributed by atoms with van der Waals surface area (Å²) in [4.78, 5) is 11.3. The van der Waals surface area contributed by atoms with Crippen LogP contribution in [-0.4, -0.2) is 265 Å². The molecule has 0 saturated carbocycles. The maximum absolute atomic E-state index is 12.4. The fourth-order valence-corrected chi connectivity index (χ4v) is 11.0. The van der Waals surface area contributed by atoms with Crippen molar-refractivity contribution in [2.24, 2.45) is 0 Å². The van der Waals surface area contributed by atoms with Crippen molar-refractivity contribution in [1.29, 1.82) is 10.5 Å². The Labute approximate surface area is 552 Å². The summed E-state index contributed by atoms with van der Waals surface area (Å²) in [6, 6.07) is 3.89. The van der Waals surface area contributed by atoms with Gasteiger partial charge in [0.25, 0.3) is 7.82 Å². The molecule has 0 aliphatic carbocycles. The summed E-state index contributed by atoms with van der Waals surface area (Å²) in [5.41, 5.74) is 0. The lowest BCUT2D eigenvalue weighted by Gasteiger charge is -2.22. The molecule has 0 radical (unpaired) electrons. The first kappa shape index (κ1) is 109. The second-order valence-electron chi connectivity index (χ2n) is 16.6. The number of hydrogen-bond donors (Lipinski definition) is 4. The molecule has 93 heavy (non-hydrogen) atoms. The Kier molecular flexibility index (Phi) is 90.3. The monoisotopic (exact) mass is 1510 g/mol. The second kappa shape index (κ2) is 77.4. The van der Waals surface area contributed by atoms with E-state index in [4.69, 9.17) is 113 Å². The molecule has 44 heteroatoms. The number of aliphatic hydroxyl groups excluding tert-OH is 3. The van der Waals surface area contributed by atoms with E-state index in [0.717, 1.165) is 25.9 Å². The quantitative estimate of drug-likeness (QED) is 0.0280. The van der Waals surface area contributed by atoms with Gasteiger partial charge in [0.1, 0.15) is 0 Å².